The number of rotatable bonds is 6. The van der Waals surface area contributed by atoms with Gasteiger partial charge in [0.05, 0.1) is 12.7 Å². The Bertz CT molecular complexity index is 570. The number of benzene rings is 1. The first-order valence-corrected chi connectivity index (χ1v) is 8.13. The molecular formula is C16H19F7N2O2. The van der Waals surface area contributed by atoms with Crippen LogP contribution in [0.5, 0.6) is 0 Å². The Balaban J connectivity index is 1.78. The summed E-state index contributed by atoms with van der Waals surface area (Å²) in [7, 11) is 0. The molecule has 0 saturated carbocycles. The number of piperazine rings is 1. The van der Waals surface area contributed by atoms with Crippen LogP contribution in [0.25, 0.3) is 0 Å². The van der Waals surface area contributed by atoms with E-state index >= 15 is 0 Å². The van der Waals surface area contributed by atoms with Gasteiger partial charge in [-0.1, -0.05) is 0 Å². The van der Waals surface area contributed by atoms with Crippen LogP contribution in [0.3, 0.4) is 0 Å². The fourth-order valence-electron chi connectivity index (χ4n) is 2.77. The first-order chi connectivity index (χ1) is 12.5. The molecule has 0 aromatic heterocycles. The van der Waals surface area contributed by atoms with E-state index in [1.54, 1.807) is 17.0 Å². The molecule has 1 aliphatic rings. The summed E-state index contributed by atoms with van der Waals surface area (Å²) in [5.41, 5.74) is 0.804. The topological polar surface area (TPSA) is 35.9 Å². The van der Waals surface area contributed by atoms with Crippen molar-refractivity contribution in [3.8, 4) is 0 Å². The fraction of sp³-hybridized carbons (Fsp3) is 0.625. The molecule has 4 nitrogen and oxygen atoms in total. The molecule has 1 heterocycles. The van der Waals surface area contributed by atoms with Crippen LogP contribution >= 0.6 is 0 Å². The van der Waals surface area contributed by atoms with Gasteiger partial charge in [0.2, 0.25) is 6.10 Å². The van der Waals surface area contributed by atoms with Crippen molar-refractivity contribution in [2.24, 2.45) is 0 Å². The van der Waals surface area contributed by atoms with Crippen molar-refractivity contribution < 1.29 is 40.6 Å². The Morgan fingerprint density at radius 1 is 0.926 bits per heavy atom. The molecule has 0 radical (unpaired) electrons. The molecule has 27 heavy (non-hydrogen) atoms. The van der Waals surface area contributed by atoms with Crippen LogP contribution < -0.4 is 4.90 Å². The van der Waals surface area contributed by atoms with E-state index in [9.17, 15) is 35.8 Å². The number of aliphatic hydroxyl groups excluding tert-OH is 1. The zero-order valence-electron chi connectivity index (χ0n) is 14.1. The molecule has 1 aromatic rings. The molecule has 1 fully saturated rings. The van der Waals surface area contributed by atoms with Crippen molar-refractivity contribution in [3.05, 3.63) is 30.1 Å². The lowest BCUT2D eigenvalue weighted by atomic mass is 10.2. The van der Waals surface area contributed by atoms with Crippen molar-refractivity contribution in [1.82, 2.24) is 4.90 Å². The van der Waals surface area contributed by atoms with Gasteiger partial charge in [-0.15, -0.1) is 0 Å². The predicted octanol–water partition coefficient (Wildman–Crippen LogP) is 2.82. The molecule has 0 amide bonds. The van der Waals surface area contributed by atoms with E-state index in [-0.39, 0.29) is 12.4 Å². The maximum atomic E-state index is 12.9. The number of hydrogen-bond acceptors (Lipinski definition) is 4. The quantitative estimate of drug-likeness (QED) is 0.740. The Hall–Kier alpha value is -1.59. The van der Waals surface area contributed by atoms with E-state index in [2.05, 4.69) is 4.74 Å². The predicted molar refractivity (Wildman–Crippen MR) is 82.9 cm³/mol. The second-order valence-electron chi connectivity index (χ2n) is 6.21. The van der Waals surface area contributed by atoms with E-state index in [4.69, 9.17) is 0 Å². The van der Waals surface area contributed by atoms with Gasteiger partial charge >= 0.3 is 12.4 Å². The summed E-state index contributed by atoms with van der Waals surface area (Å²) >= 11 is 0. The van der Waals surface area contributed by atoms with Crippen LogP contribution in [-0.2, 0) is 4.74 Å². The molecule has 154 valence electrons. The first kappa shape index (κ1) is 21.7. The molecule has 1 saturated heterocycles. The highest BCUT2D eigenvalue weighted by atomic mass is 19.4. The number of ether oxygens (including phenoxy) is 1. The van der Waals surface area contributed by atoms with Gasteiger partial charge in [-0.3, -0.25) is 4.90 Å². The van der Waals surface area contributed by atoms with E-state index in [1.807, 2.05) is 4.90 Å². The largest absolute Gasteiger partial charge is 0.423 e. The molecule has 0 spiro atoms. The zero-order chi connectivity index (χ0) is 20.2. The van der Waals surface area contributed by atoms with Crippen molar-refractivity contribution in [2.45, 2.75) is 24.6 Å². The SMILES string of the molecule is O[C@H](COC(C(F)(F)F)C(F)(F)F)CN1CCN(c2ccc(F)cc2)CC1. The molecule has 0 aliphatic carbocycles. The van der Waals surface area contributed by atoms with E-state index in [1.165, 1.54) is 12.1 Å². The Morgan fingerprint density at radius 2 is 1.44 bits per heavy atom. The molecule has 0 bridgehead atoms. The van der Waals surface area contributed by atoms with Gasteiger partial charge in [-0.05, 0) is 24.3 Å². The zero-order valence-corrected chi connectivity index (χ0v) is 14.1. The molecule has 11 heteroatoms. The van der Waals surface area contributed by atoms with Crippen LogP contribution in [0.2, 0.25) is 0 Å². The van der Waals surface area contributed by atoms with Crippen LogP contribution in [0, 0.1) is 5.82 Å². The highest BCUT2D eigenvalue weighted by molar-refractivity contribution is 5.46. The lowest BCUT2D eigenvalue weighted by Gasteiger charge is -2.37. The molecule has 0 unspecified atom stereocenters. The number of nitrogens with zero attached hydrogens (tertiary/aromatic N) is 2. The van der Waals surface area contributed by atoms with Crippen molar-refractivity contribution in [3.63, 3.8) is 0 Å². The summed E-state index contributed by atoms with van der Waals surface area (Å²) in [6.07, 6.45) is -16.6. The number of alkyl halides is 6. The first-order valence-electron chi connectivity index (χ1n) is 8.13. The third-order valence-corrected chi connectivity index (χ3v) is 4.08. The molecule has 1 aromatic carbocycles. The standard InChI is InChI=1S/C16H19F7N2O2/c17-11-1-3-12(4-2-11)25-7-5-24(6-8-25)9-13(26)10-27-14(15(18,19)20)16(21,22)23/h1-4,13-14,26H,5-10H2/t13-/m0/s1. The summed E-state index contributed by atoms with van der Waals surface area (Å²) in [4.78, 5) is 3.67. The van der Waals surface area contributed by atoms with Crippen LogP contribution in [0.15, 0.2) is 24.3 Å². The van der Waals surface area contributed by atoms with Gasteiger partial charge in [0.15, 0.2) is 0 Å². The number of anilines is 1. The summed E-state index contributed by atoms with van der Waals surface area (Å²) in [5, 5.41) is 9.74. The third kappa shape index (κ3) is 6.51. The fourth-order valence-corrected chi connectivity index (χ4v) is 2.77. The van der Waals surface area contributed by atoms with E-state index < -0.39 is 31.2 Å². The number of halogens is 7. The van der Waals surface area contributed by atoms with E-state index in [0.717, 1.165) is 5.69 Å². The maximum absolute atomic E-state index is 12.9. The smallest absolute Gasteiger partial charge is 0.389 e. The van der Waals surface area contributed by atoms with Crippen LogP contribution in [0.1, 0.15) is 0 Å². The Labute approximate surface area is 151 Å². The normalized spacial score (nSPS) is 18.2. The highest BCUT2D eigenvalue weighted by Gasteiger charge is 2.58. The van der Waals surface area contributed by atoms with Gasteiger partial charge in [-0.2, -0.15) is 26.3 Å². The lowest BCUT2D eigenvalue weighted by Crippen LogP contribution is -2.50. The highest BCUT2D eigenvalue weighted by Crippen LogP contribution is 2.35. The van der Waals surface area contributed by atoms with Gasteiger partial charge in [-0.25, -0.2) is 4.39 Å². The second kappa shape index (κ2) is 8.61. The maximum Gasteiger partial charge on any atom is 0.423 e. The minimum atomic E-state index is -5.60. The molecule has 1 aliphatic heterocycles. The number of aliphatic hydroxyl groups is 1. The number of β-amino-alcohol motifs (C(OH)–C–C–N with tert-alkyl or cyclic N) is 1. The molecule has 2 rings (SSSR count). The minimum absolute atomic E-state index is 0.111. The monoisotopic (exact) mass is 404 g/mol. The lowest BCUT2D eigenvalue weighted by molar-refractivity contribution is -0.324. The van der Waals surface area contributed by atoms with Crippen molar-refractivity contribution in [2.75, 3.05) is 44.2 Å². The Kier molecular flexibility index (Phi) is 6.92. The number of hydrogen-bond donors (Lipinski definition) is 1. The molecular weight excluding hydrogens is 385 g/mol. The second-order valence-corrected chi connectivity index (χ2v) is 6.21. The minimum Gasteiger partial charge on any atom is -0.389 e. The van der Waals surface area contributed by atoms with Crippen molar-refractivity contribution >= 4 is 5.69 Å². The summed E-state index contributed by atoms with van der Waals surface area (Å²) < 4.78 is 91.2. The summed E-state index contributed by atoms with van der Waals surface area (Å²) in [6, 6.07) is 5.87. The average Bonchev–Trinajstić information content (AvgIpc) is 2.54. The van der Waals surface area contributed by atoms with Gasteiger partial charge in [0, 0.05) is 38.4 Å². The van der Waals surface area contributed by atoms with Crippen molar-refractivity contribution in [1.29, 1.82) is 0 Å². The molecule has 1 atom stereocenters. The van der Waals surface area contributed by atoms with Gasteiger partial charge in [0.25, 0.3) is 0 Å². The molecule has 1 N–H and O–H groups in total. The van der Waals surface area contributed by atoms with Gasteiger partial charge < -0.3 is 14.7 Å². The van der Waals surface area contributed by atoms with E-state index in [0.29, 0.717) is 26.2 Å². The summed E-state index contributed by atoms with van der Waals surface area (Å²) in [6.45, 7) is 0.730. The Morgan fingerprint density at radius 3 is 1.93 bits per heavy atom. The van der Waals surface area contributed by atoms with Crippen LogP contribution in [0.4, 0.5) is 36.4 Å². The third-order valence-electron chi connectivity index (χ3n) is 4.08. The average molecular weight is 404 g/mol. The van der Waals surface area contributed by atoms with Gasteiger partial charge in [0.1, 0.15) is 5.82 Å². The summed E-state index contributed by atoms with van der Waals surface area (Å²) in [5.74, 6) is -0.364. The van der Waals surface area contributed by atoms with Crippen LogP contribution in [-0.4, -0.2) is 73.9 Å².